The van der Waals surface area contributed by atoms with Gasteiger partial charge in [0, 0.05) is 12.8 Å². The van der Waals surface area contributed by atoms with Gasteiger partial charge in [0.25, 0.3) is 0 Å². The lowest BCUT2D eigenvalue weighted by molar-refractivity contribution is -0.117. The second-order valence-corrected chi connectivity index (χ2v) is 6.66. The predicted molar refractivity (Wildman–Crippen MR) is 94.1 cm³/mol. The molecule has 22 heavy (non-hydrogen) atoms. The monoisotopic (exact) mass is 337 g/mol. The van der Waals surface area contributed by atoms with Crippen molar-refractivity contribution in [3.63, 3.8) is 0 Å². The van der Waals surface area contributed by atoms with Crippen molar-refractivity contribution in [3.8, 4) is 0 Å². The molecule has 2 amide bonds. The molecule has 0 fully saturated rings. The summed E-state index contributed by atoms with van der Waals surface area (Å²) in [5.74, 6) is -0.0528. The molecule has 0 aliphatic heterocycles. The van der Waals surface area contributed by atoms with E-state index in [4.69, 9.17) is 12.2 Å². The highest BCUT2D eigenvalue weighted by Gasteiger charge is 2.12. The van der Waals surface area contributed by atoms with Crippen LogP contribution in [0.2, 0.25) is 0 Å². The maximum absolute atomic E-state index is 11.8. The zero-order valence-electron chi connectivity index (χ0n) is 12.6. The topological polar surface area (TPSA) is 74.0 Å². The number of nitrogens with one attached hydrogen (secondary N) is 3. The molecule has 0 spiro atoms. The summed E-state index contributed by atoms with van der Waals surface area (Å²) in [4.78, 5) is 26.7. The molecule has 0 unspecified atom stereocenters. The van der Waals surface area contributed by atoms with Crippen LogP contribution >= 0.6 is 23.6 Å². The quantitative estimate of drug-likeness (QED) is 0.682. The van der Waals surface area contributed by atoms with Gasteiger partial charge in [-0.1, -0.05) is 13.8 Å². The number of aromatic amines is 1. The van der Waals surface area contributed by atoms with Crippen molar-refractivity contribution < 1.29 is 9.59 Å². The molecule has 2 aromatic rings. The van der Waals surface area contributed by atoms with Crippen molar-refractivity contribution in [2.75, 3.05) is 10.6 Å². The van der Waals surface area contributed by atoms with Crippen molar-refractivity contribution in [1.29, 1.82) is 0 Å². The van der Waals surface area contributed by atoms with Gasteiger partial charge in [-0.25, -0.2) is 0 Å². The lowest BCUT2D eigenvalue weighted by Gasteiger charge is -2.09. The summed E-state index contributed by atoms with van der Waals surface area (Å²) in [7, 11) is 0. The number of hydrogen-bond acceptors (Lipinski definition) is 4. The molecule has 0 saturated heterocycles. The van der Waals surface area contributed by atoms with Gasteiger partial charge in [-0.2, -0.15) is 0 Å². The summed E-state index contributed by atoms with van der Waals surface area (Å²) in [6.45, 7) is 3.92. The predicted octanol–water partition coefficient (Wildman–Crippen LogP) is 4.44. The van der Waals surface area contributed by atoms with E-state index in [1.165, 1.54) is 11.3 Å². The van der Waals surface area contributed by atoms with Gasteiger partial charge in [0.1, 0.15) is 0 Å². The van der Waals surface area contributed by atoms with Gasteiger partial charge >= 0.3 is 0 Å². The Morgan fingerprint density at radius 3 is 2.23 bits per heavy atom. The van der Waals surface area contributed by atoms with Crippen LogP contribution < -0.4 is 10.6 Å². The van der Waals surface area contributed by atoms with Crippen LogP contribution in [0.15, 0.2) is 12.1 Å². The van der Waals surface area contributed by atoms with Crippen molar-refractivity contribution in [2.45, 2.75) is 39.5 Å². The Morgan fingerprint density at radius 2 is 1.64 bits per heavy atom. The fourth-order valence-corrected chi connectivity index (χ4v) is 3.30. The lowest BCUT2D eigenvalue weighted by Crippen LogP contribution is -2.12. The number of fused-ring (bicyclic) bond motifs is 1. The minimum atomic E-state index is -0.0305. The Hall–Kier alpha value is -1.73. The van der Waals surface area contributed by atoms with Crippen molar-refractivity contribution in [2.24, 2.45) is 0 Å². The first-order valence-electron chi connectivity index (χ1n) is 7.30. The van der Waals surface area contributed by atoms with Crippen molar-refractivity contribution in [3.05, 3.63) is 16.1 Å². The van der Waals surface area contributed by atoms with Crippen LogP contribution in [0.5, 0.6) is 0 Å². The molecule has 0 bridgehead atoms. The van der Waals surface area contributed by atoms with Crippen LogP contribution in [0.1, 0.15) is 39.5 Å². The van der Waals surface area contributed by atoms with E-state index in [9.17, 15) is 9.59 Å². The molecule has 0 aliphatic rings. The Bertz CT molecular complexity index is 689. The number of aromatic nitrogens is 1. The molecule has 0 saturated carbocycles. The second-order valence-electron chi connectivity index (χ2n) is 4.98. The maximum atomic E-state index is 11.8. The Morgan fingerprint density at radius 1 is 1.09 bits per heavy atom. The van der Waals surface area contributed by atoms with E-state index < -0.39 is 0 Å². The smallest absolute Gasteiger partial charge is 0.224 e. The van der Waals surface area contributed by atoms with Crippen LogP contribution in [-0.4, -0.2) is 16.8 Å². The van der Waals surface area contributed by atoms with Gasteiger partial charge in [0.15, 0.2) is 3.95 Å². The number of rotatable bonds is 6. The van der Waals surface area contributed by atoms with Gasteiger partial charge in [-0.15, -0.1) is 11.3 Å². The highest BCUT2D eigenvalue weighted by atomic mass is 32.1. The van der Waals surface area contributed by atoms with Gasteiger partial charge in [-0.05, 0) is 37.2 Å². The Balaban J connectivity index is 2.36. The third-order valence-electron chi connectivity index (χ3n) is 3.08. The number of carbonyl (C=O) groups is 2. The molecular formula is C15H19N3O2S2. The summed E-state index contributed by atoms with van der Waals surface area (Å²) in [5.41, 5.74) is 2.17. The molecule has 118 valence electrons. The average Bonchev–Trinajstić information content (AvgIpc) is 2.84. The molecular weight excluding hydrogens is 318 g/mol. The Kier molecular flexibility index (Phi) is 5.68. The van der Waals surface area contributed by atoms with Gasteiger partial charge < -0.3 is 15.6 Å². The molecule has 2 rings (SSSR count). The standard InChI is InChI=1S/C15H19N3O2S2/c1-3-5-11(19)16-9-7-8-10(17-12(20)6-4-2)14-13(9)18-15(21)22-14/h7-8H,3-6H2,1-2H3,(H,16,19)(H,17,20)(H,18,21). The molecule has 3 N–H and O–H groups in total. The molecule has 1 heterocycles. The first kappa shape index (κ1) is 16.6. The summed E-state index contributed by atoms with van der Waals surface area (Å²) in [5, 5.41) is 5.78. The number of benzene rings is 1. The number of carbonyl (C=O) groups excluding carboxylic acids is 2. The highest BCUT2D eigenvalue weighted by Crippen LogP contribution is 2.33. The van der Waals surface area contributed by atoms with Crippen LogP contribution in [0, 0.1) is 3.95 Å². The van der Waals surface area contributed by atoms with Crippen LogP contribution in [0.25, 0.3) is 10.2 Å². The fraction of sp³-hybridized carbons (Fsp3) is 0.400. The number of thiazole rings is 1. The van der Waals surface area contributed by atoms with E-state index >= 15 is 0 Å². The number of H-pyrrole nitrogens is 1. The minimum absolute atomic E-state index is 0.0223. The fourth-order valence-electron chi connectivity index (χ4n) is 2.12. The SMILES string of the molecule is CCCC(=O)Nc1ccc(NC(=O)CCC)c2sc(=S)[nH]c12. The molecule has 0 radical (unpaired) electrons. The van der Waals surface area contributed by atoms with Crippen LogP contribution in [0.4, 0.5) is 11.4 Å². The normalized spacial score (nSPS) is 10.6. The van der Waals surface area contributed by atoms with E-state index in [1.807, 2.05) is 13.8 Å². The van der Waals surface area contributed by atoms with E-state index in [-0.39, 0.29) is 11.8 Å². The molecule has 7 heteroatoms. The van der Waals surface area contributed by atoms with Crippen LogP contribution in [0.3, 0.4) is 0 Å². The van der Waals surface area contributed by atoms with Gasteiger partial charge in [0.05, 0.1) is 21.6 Å². The third-order valence-corrected chi connectivity index (χ3v) is 4.35. The molecule has 1 aromatic carbocycles. The average molecular weight is 337 g/mol. The minimum Gasteiger partial charge on any atom is -0.335 e. The number of hydrogen-bond donors (Lipinski definition) is 3. The highest BCUT2D eigenvalue weighted by molar-refractivity contribution is 7.73. The van der Waals surface area contributed by atoms with Gasteiger partial charge in [0.2, 0.25) is 11.8 Å². The van der Waals surface area contributed by atoms with E-state index in [1.54, 1.807) is 12.1 Å². The number of amides is 2. The molecule has 0 aliphatic carbocycles. The number of anilines is 2. The van der Waals surface area contributed by atoms with Crippen molar-refractivity contribution in [1.82, 2.24) is 4.98 Å². The maximum Gasteiger partial charge on any atom is 0.224 e. The lowest BCUT2D eigenvalue weighted by atomic mass is 10.2. The summed E-state index contributed by atoms with van der Waals surface area (Å²) < 4.78 is 1.46. The third kappa shape index (κ3) is 3.92. The first-order valence-corrected chi connectivity index (χ1v) is 8.53. The van der Waals surface area contributed by atoms with E-state index in [0.29, 0.717) is 22.5 Å². The largest absolute Gasteiger partial charge is 0.335 e. The summed E-state index contributed by atoms with van der Waals surface area (Å²) >= 11 is 6.59. The summed E-state index contributed by atoms with van der Waals surface area (Å²) in [6.07, 6.45) is 2.54. The van der Waals surface area contributed by atoms with Crippen molar-refractivity contribution >= 4 is 57.0 Å². The first-order chi connectivity index (χ1) is 10.5. The zero-order valence-corrected chi connectivity index (χ0v) is 14.2. The summed E-state index contributed by atoms with van der Waals surface area (Å²) in [6, 6.07) is 3.59. The molecule has 5 nitrogen and oxygen atoms in total. The van der Waals surface area contributed by atoms with Crippen LogP contribution in [-0.2, 0) is 9.59 Å². The van der Waals surface area contributed by atoms with Gasteiger partial charge in [-0.3, -0.25) is 9.59 Å². The Labute approximate surface area is 138 Å². The molecule has 0 atom stereocenters. The van der Waals surface area contributed by atoms with E-state index in [2.05, 4.69) is 15.6 Å². The molecule has 1 aromatic heterocycles. The zero-order chi connectivity index (χ0) is 16.1. The van der Waals surface area contributed by atoms with E-state index in [0.717, 1.165) is 28.7 Å². The second kappa shape index (κ2) is 7.51.